The minimum atomic E-state index is 0.755. The molecule has 0 radical (unpaired) electrons. The van der Waals surface area contributed by atoms with E-state index in [4.69, 9.17) is 19.4 Å². The molecule has 3 aliphatic rings. The van der Waals surface area contributed by atoms with Crippen molar-refractivity contribution < 1.29 is 9.47 Å². The number of ether oxygens (including phenoxy) is 2. The summed E-state index contributed by atoms with van der Waals surface area (Å²) >= 11 is 1.75. The Labute approximate surface area is 167 Å². The van der Waals surface area contributed by atoms with Gasteiger partial charge in [0.05, 0.1) is 36.6 Å². The van der Waals surface area contributed by atoms with Gasteiger partial charge in [0.15, 0.2) is 0 Å². The first-order valence-electron chi connectivity index (χ1n) is 10.1. The molecule has 3 aromatic heterocycles. The van der Waals surface area contributed by atoms with Crippen molar-refractivity contribution in [2.75, 3.05) is 62.4 Å². The molecule has 2 aliphatic heterocycles. The molecule has 6 rings (SSSR count). The van der Waals surface area contributed by atoms with Gasteiger partial charge in [-0.25, -0.2) is 15.0 Å². The summed E-state index contributed by atoms with van der Waals surface area (Å²) in [5.41, 5.74) is 3.97. The van der Waals surface area contributed by atoms with Gasteiger partial charge in [-0.2, -0.15) is 0 Å². The maximum atomic E-state index is 5.56. The number of fused-ring (bicyclic) bond motifs is 5. The van der Waals surface area contributed by atoms with Crippen LogP contribution in [0.1, 0.15) is 17.5 Å². The Hall–Kier alpha value is -2.03. The fourth-order valence-corrected chi connectivity index (χ4v) is 5.88. The lowest BCUT2D eigenvalue weighted by atomic mass is 10.1. The molecule has 28 heavy (non-hydrogen) atoms. The molecule has 2 saturated heterocycles. The molecule has 0 aromatic carbocycles. The zero-order valence-electron chi connectivity index (χ0n) is 15.8. The van der Waals surface area contributed by atoms with E-state index in [9.17, 15) is 0 Å². The molecule has 0 bridgehead atoms. The highest BCUT2D eigenvalue weighted by Gasteiger charge is 2.28. The minimum Gasteiger partial charge on any atom is -0.378 e. The zero-order chi connectivity index (χ0) is 18.5. The molecule has 2 fully saturated rings. The number of pyridine rings is 1. The lowest BCUT2D eigenvalue weighted by molar-refractivity contribution is 0.122. The van der Waals surface area contributed by atoms with Gasteiger partial charge in [-0.05, 0) is 30.4 Å². The quantitative estimate of drug-likeness (QED) is 0.658. The van der Waals surface area contributed by atoms with E-state index in [1.165, 1.54) is 33.5 Å². The number of morpholine rings is 2. The average molecular weight is 398 g/mol. The predicted octanol–water partition coefficient (Wildman–Crippen LogP) is 2.40. The van der Waals surface area contributed by atoms with Crippen molar-refractivity contribution in [1.82, 2.24) is 15.0 Å². The number of hydrogen-bond donors (Lipinski definition) is 0. The first kappa shape index (κ1) is 16.9. The molecule has 146 valence electrons. The van der Waals surface area contributed by atoms with Crippen LogP contribution in [-0.2, 0) is 22.3 Å². The van der Waals surface area contributed by atoms with Crippen LogP contribution in [0.25, 0.3) is 20.4 Å². The smallest absolute Gasteiger partial charge is 0.150 e. The summed E-state index contributed by atoms with van der Waals surface area (Å²) in [5, 5.41) is 1.27. The summed E-state index contributed by atoms with van der Waals surface area (Å²) in [6.45, 7) is 6.69. The van der Waals surface area contributed by atoms with Gasteiger partial charge in [0.25, 0.3) is 0 Å². The fourth-order valence-electron chi connectivity index (χ4n) is 4.70. The topological polar surface area (TPSA) is 63.6 Å². The van der Waals surface area contributed by atoms with Crippen LogP contribution in [0.2, 0.25) is 0 Å². The molecule has 0 amide bonds. The molecule has 0 N–H and O–H groups in total. The average Bonchev–Trinajstić information content (AvgIpc) is 3.38. The van der Waals surface area contributed by atoms with Crippen LogP contribution < -0.4 is 9.80 Å². The molecule has 0 saturated carbocycles. The number of nitrogens with zero attached hydrogens (tertiary/aromatic N) is 5. The highest BCUT2D eigenvalue weighted by Crippen LogP contribution is 2.43. The third-order valence-electron chi connectivity index (χ3n) is 6.05. The molecule has 8 heteroatoms. The number of aryl methyl sites for hydroxylation is 1. The van der Waals surface area contributed by atoms with Crippen molar-refractivity contribution in [1.29, 1.82) is 0 Å². The number of thiophene rings is 1. The summed E-state index contributed by atoms with van der Waals surface area (Å²) in [7, 11) is 0. The van der Waals surface area contributed by atoms with Crippen LogP contribution in [0.4, 0.5) is 11.6 Å². The SMILES string of the molecule is c1nc(N2CCOCC2)c2sc3nc(N4CCOCC4)c4c(c3c2n1)CCC4. The second-order valence-corrected chi connectivity index (χ2v) is 8.60. The Bertz CT molecular complexity index is 1040. The highest BCUT2D eigenvalue weighted by atomic mass is 32.1. The van der Waals surface area contributed by atoms with Crippen molar-refractivity contribution in [2.45, 2.75) is 19.3 Å². The molecule has 1 aliphatic carbocycles. The molecular weight excluding hydrogens is 374 g/mol. The van der Waals surface area contributed by atoms with Crippen LogP contribution in [0, 0.1) is 0 Å². The Morgan fingerprint density at radius 3 is 2.25 bits per heavy atom. The largest absolute Gasteiger partial charge is 0.378 e. The Morgan fingerprint density at radius 1 is 0.821 bits per heavy atom. The molecular formula is C20H23N5O2S. The van der Waals surface area contributed by atoms with Crippen LogP contribution >= 0.6 is 11.3 Å². The van der Waals surface area contributed by atoms with Crippen molar-refractivity contribution in [3.63, 3.8) is 0 Å². The van der Waals surface area contributed by atoms with E-state index in [1.807, 2.05) is 0 Å². The van der Waals surface area contributed by atoms with Crippen LogP contribution in [0.15, 0.2) is 6.33 Å². The molecule has 0 spiro atoms. The summed E-state index contributed by atoms with van der Waals surface area (Å²) in [6, 6.07) is 0. The second-order valence-electron chi connectivity index (χ2n) is 7.60. The number of rotatable bonds is 2. The molecule has 7 nitrogen and oxygen atoms in total. The lowest BCUT2D eigenvalue weighted by Gasteiger charge is -2.29. The van der Waals surface area contributed by atoms with E-state index in [0.717, 1.165) is 81.6 Å². The fraction of sp³-hybridized carbons (Fsp3) is 0.550. The summed E-state index contributed by atoms with van der Waals surface area (Å²) in [6.07, 6.45) is 5.15. The third kappa shape index (κ3) is 2.58. The van der Waals surface area contributed by atoms with Crippen molar-refractivity contribution in [3.05, 3.63) is 17.5 Å². The Balaban J connectivity index is 1.56. The lowest BCUT2D eigenvalue weighted by Crippen LogP contribution is -2.37. The minimum absolute atomic E-state index is 0.755. The zero-order valence-corrected chi connectivity index (χ0v) is 16.6. The van der Waals surface area contributed by atoms with Crippen LogP contribution in [0.5, 0.6) is 0 Å². The molecule has 3 aromatic rings. The van der Waals surface area contributed by atoms with Gasteiger partial charge in [-0.15, -0.1) is 11.3 Å². The maximum absolute atomic E-state index is 5.56. The van der Waals surface area contributed by atoms with Gasteiger partial charge in [0.1, 0.15) is 22.8 Å². The number of aromatic nitrogens is 3. The third-order valence-corrected chi connectivity index (χ3v) is 7.12. The maximum Gasteiger partial charge on any atom is 0.150 e. The van der Waals surface area contributed by atoms with E-state index < -0.39 is 0 Å². The van der Waals surface area contributed by atoms with E-state index >= 15 is 0 Å². The highest BCUT2D eigenvalue weighted by molar-refractivity contribution is 7.26. The van der Waals surface area contributed by atoms with Gasteiger partial charge in [0, 0.05) is 31.6 Å². The van der Waals surface area contributed by atoms with Gasteiger partial charge < -0.3 is 19.3 Å². The van der Waals surface area contributed by atoms with Gasteiger partial charge in [0.2, 0.25) is 0 Å². The first-order valence-corrected chi connectivity index (χ1v) is 11.0. The Kier molecular flexibility index (Phi) is 4.09. The second kappa shape index (κ2) is 6.79. The summed E-state index contributed by atoms with van der Waals surface area (Å²) in [5.74, 6) is 2.21. The number of anilines is 2. The normalized spacial score (nSPS) is 20.3. The van der Waals surface area contributed by atoms with Gasteiger partial charge in [-0.1, -0.05) is 0 Å². The predicted molar refractivity (Wildman–Crippen MR) is 111 cm³/mol. The van der Waals surface area contributed by atoms with Gasteiger partial charge >= 0.3 is 0 Å². The number of hydrogen-bond acceptors (Lipinski definition) is 8. The van der Waals surface area contributed by atoms with Crippen molar-refractivity contribution in [3.8, 4) is 0 Å². The first-order chi connectivity index (χ1) is 13.9. The monoisotopic (exact) mass is 397 g/mol. The van der Waals surface area contributed by atoms with Crippen molar-refractivity contribution in [2.24, 2.45) is 0 Å². The van der Waals surface area contributed by atoms with E-state index in [0.29, 0.717) is 0 Å². The van der Waals surface area contributed by atoms with Crippen molar-refractivity contribution >= 4 is 43.4 Å². The molecule has 0 unspecified atom stereocenters. The Morgan fingerprint density at radius 2 is 1.50 bits per heavy atom. The van der Waals surface area contributed by atoms with Gasteiger partial charge in [-0.3, -0.25) is 0 Å². The van der Waals surface area contributed by atoms with Crippen LogP contribution in [0.3, 0.4) is 0 Å². The van der Waals surface area contributed by atoms with E-state index in [1.54, 1.807) is 17.7 Å². The summed E-state index contributed by atoms with van der Waals surface area (Å²) in [4.78, 5) is 20.4. The standard InChI is InChI=1S/C20H23N5O2S/c1-2-13-14(3-1)18(24-4-8-26-9-5-24)23-20-15(13)16-17(28-20)19(22-12-21-16)25-6-10-27-11-7-25/h12H,1-11H2. The van der Waals surface area contributed by atoms with Crippen LogP contribution in [-0.4, -0.2) is 67.6 Å². The summed E-state index contributed by atoms with van der Waals surface area (Å²) < 4.78 is 12.3. The van der Waals surface area contributed by atoms with E-state index in [2.05, 4.69) is 14.8 Å². The van der Waals surface area contributed by atoms with E-state index in [-0.39, 0.29) is 0 Å². The molecule has 5 heterocycles. The molecule has 0 atom stereocenters.